The van der Waals surface area contributed by atoms with Crippen molar-refractivity contribution in [3.8, 4) is 0 Å². The predicted molar refractivity (Wildman–Crippen MR) is 157 cm³/mol. The molecule has 0 N–H and O–H groups in total. The van der Waals surface area contributed by atoms with Crippen LogP contribution in [0, 0.1) is 0 Å². The third-order valence-corrected chi connectivity index (χ3v) is 7.02. The van der Waals surface area contributed by atoms with E-state index in [-0.39, 0.29) is 11.9 Å². The van der Waals surface area contributed by atoms with E-state index in [0.29, 0.717) is 24.3 Å². The molecule has 2 aromatic rings. The lowest BCUT2D eigenvalue weighted by atomic mass is 10.0. The third kappa shape index (κ3) is 13.8. The molecule has 4 heteroatoms. The summed E-state index contributed by atoms with van der Waals surface area (Å²) in [5, 5.41) is 0. The van der Waals surface area contributed by atoms with Crippen molar-refractivity contribution in [2.45, 2.75) is 117 Å². The van der Waals surface area contributed by atoms with E-state index in [9.17, 15) is 9.59 Å². The molecule has 38 heavy (non-hydrogen) atoms. The average molecular weight is 523 g/mol. The number of ether oxygens (including phenoxy) is 2. The summed E-state index contributed by atoms with van der Waals surface area (Å²) in [4.78, 5) is 23.9. The van der Waals surface area contributed by atoms with Gasteiger partial charge in [0.05, 0.1) is 24.3 Å². The third-order valence-electron chi connectivity index (χ3n) is 7.02. The van der Waals surface area contributed by atoms with Crippen LogP contribution in [0.5, 0.6) is 0 Å². The standard InChI is InChI=1S/C34H50O4/c1-3-5-27-37-33(35)31-23-19-29(20-24-31)17-15-13-11-9-7-8-10-12-14-16-18-30-21-25-32(26-22-30)34(36)38-28-6-4-2/h19-26H,3-18,27-28H2,1-2H3. The molecular weight excluding hydrogens is 472 g/mol. The van der Waals surface area contributed by atoms with Gasteiger partial charge in [-0.2, -0.15) is 0 Å². The highest BCUT2D eigenvalue weighted by Gasteiger charge is 2.07. The molecular formula is C34H50O4. The zero-order valence-electron chi connectivity index (χ0n) is 24.0. The second-order valence-corrected chi connectivity index (χ2v) is 10.4. The number of benzene rings is 2. The van der Waals surface area contributed by atoms with Gasteiger partial charge in [-0.25, -0.2) is 9.59 Å². The van der Waals surface area contributed by atoms with Gasteiger partial charge in [0, 0.05) is 0 Å². The Bertz CT molecular complexity index is 810. The fourth-order valence-electron chi connectivity index (χ4n) is 4.47. The van der Waals surface area contributed by atoms with Gasteiger partial charge in [-0.15, -0.1) is 0 Å². The van der Waals surface area contributed by atoms with Crippen molar-refractivity contribution in [3.05, 3.63) is 70.8 Å². The Morgan fingerprint density at radius 3 is 1.11 bits per heavy atom. The fourth-order valence-corrected chi connectivity index (χ4v) is 4.47. The minimum Gasteiger partial charge on any atom is -0.462 e. The normalized spacial score (nSPS) is 10.9. The molecule has 0 bridgehead atoms. The molecule has 0 aliphatic heterocycles. The molecule has 0 saturated heterocycles. The molecule has 0 fully saturated rings. The quantitative estimate of drug-likeness (QED) is 0.121. The van der Waals surface area contributed by atoms with E-state index < -0.39 is 0 Å². The summed E-state index contributed by atoms with van der Waals surface area (Å²) >= 11 is 0. The van der Waals surface area contributed by atoms with Crippen molar-refractivity contribution in [2.24, 2.45) is 0 Å². The number of aryl methyl sites for hydroxylation is 2. The molecule has 210 valence electrons. The lowest BCUT2D eigenvalue weighted by Crippen LogP contribution is -2.06. The maximum Gasteiger partial charge on any atom is 0.338 e. The zero-order chi connectivity index (χ0) is 27.3. The van der Waals surface area contributed by atoms with Gasteiger partial charge in [0.25, 0.3) is 0 Å². The molecule has 0 amide bonds. The number of esters is 2. The Kier molecular flexibility index (Phi) is 16.9. The highest BCUT2D eigenvalue weighted by molar-refractivity contribution is 5.89. The molecule has 0 heterocycles. The smallest absolute Gasteiger partial charge is 0.338 e. The Morgan fingerprint density at radius 1 is 0.474 bits per heavy atom. The van der Waals surface area contributed by atoms with E-state index in [4.69, 9.17) is 9.47 Å². The van der Waals surface area contributed by atoms with E-state index in [0.717, 1.165) is 38.5 Å². The summed E-state index contributed by atoms with van der Waals surface area (Å²) in [6.45, 7) is 5.19. The first-order chi connectivity index (χ1) is 18.6. The van der Waals surface area contributed by atoms with Crippen molar-refractivity contribution < 1.29 is 19.1 Å². The van der Waals surface area contributed by atoms with Crippen LogP contribution in [-0.2, 0) is 22.3 Å². The van der Waals surface area contributed by atoms with Crippen LogP contribution in [0.3, 0.4) is 0 Å². The van der Waals surface area contributed by atoms with Crippen LogP contribution in [-0.4, -0.2) is 25.2 Å². The monoisotopic (exact) mass is 522 g/mol. The Morgan fingerprint density at radius 2 is 0.789 bits per heavy atom. The minimum atomic E-state index is -0.210. The van der Waals surface area contributed by atoms with Gasteiger partial charge in [-0.05, 0) is 73.9 Å². The molecule has 0 saturated carbocycles. The minimum absolute atomic E-state index is 0.210. The molecule has 0 atom stereocenters. The highest BCUT2D eigenvalue weighted by atomic mass is 16.5. The Hall–Kier alpha value is -2.62. The average Bonchev–Trinajstić information content (AvgIpc) is 2.94. The molecule has 0 aliphatic carbocycles. The second kappa shape index (κ2) is 20.4. The number of hydrogen-bond acceptors (Lipinski definition) is 4. The lowest BCUT2D eigenvalue weighted by molar-refractivity contribution is 0.0490. The number of unbranched alkanes of at least 4 members (excludes halogenated alkanes) is 11. The molecule has 4 nitrogen and oxygen atoms in total. The topological polar surface area (TPSA) is 52.6 Å². The number of carbonyl (C=O) groups is 2. The van der Waals surface area contributed by atoms with Crippen molar-refractivity contribution in [2.75, 3.05) is 13.2 Å². The predicted octanol–water partition coefficient (Wildman–Crippen LogP) is 9.29. The van der Waals surface area contributed by atoms with Crippen LogP contribution in [0.2, 0.25) is 0 Å². The molecule has 2 aromatic carbocycles. The lowest BCUT2D eigenvalue weighted by Gasteiger charge is -2.06. The van der Waals surface area contributed by atoms with Gasteiger partial charge in [0.15, 0.2) is 0 Å². The molecule has 0 aromatic heterocycles. The van der Waals surface area contributed by atoms with Crippen molar-refractivity contribution in [1.82, 2.24) is 0 Å². The molecule has 0 aliphatic rings. The maximum atomic E-state index is 12.0. The number of carbonyl (C=O) groups excluding carboxylic acids is 2. The number of rotatable bonds is 21. The SMILES string of the molecule is CCCCOC(=O)c1ccc(CCCCCCCCCCCCc2ccc(C(=O)OCCCC)cc2)cc1. The van der Waals surface area contributed by atoms with Crippen LogP contribution >= 0.6 is 0 Å². The van der Waals surface area contributed by atoms with Gasteiger partial charge in [-0.1, -0.05) is 102 Å². The van der Waals surface area contributed by atoms with E-state index in [1.54, 1.807) is 0 Å². The summed E-state index contributed by atoms with van der Waals surface area (Å²) in [5.41, 5.74) is 3.91. The van der Waals surface area contributed by atoms with E-state index in [2.05, 4.69) is 38.1 Å². The van der Waals surface area contributed by atoms with Gasteiger partial charge < -0.3 is 9.47 Å². The van der Waals surface area contributed by atoms with E-state index in [1.807, 2.05) is 24.3 Å². The van der Waals surface area contributed by atoms with E-state index >= 15 is 0 Å². The maximum absolute atomic E-state index is 12.0. The first kappa shape index (κ1) is 31.6. The van der Waals surface area contributed by atoms with E-state index in [1.165, 1.54) is 75.3 Å². The van der Waals surface area contributed by atoms with Crippen LogP contribution in [0.4, 0.5) is 0 Å². The van der Waals surface area contributed by atoms with Gasteiger partial charge in [0.2, 0.25) is 0 Å². The Balaban J connectivity index is 1.42. The first-order valence-electron chi connectivity index (χ1n) is 15.2. The molecule has 0 radical (unpaired) electrons. The van der Waals surface area contributed by atoms with Crippen LogP contribution in [0.25, 0.3) is 0 Å². The van der Waals surface area contributed by atoms with Gasteiger partial charge in [-0.3, -0.25) is 0 Å². The largest absolute Gasteiger partial charge is 0.462 e. The van der Waals surface area contributed by atoms with Crippen molar-refractivity contribution in [3.63, 3.8) is 0 Å². The first-order valence-corrected chi connectivity index (χ1v) is 15.2. The van der Waals surface area contributed by atoms with Gasteiger partial charge >= 0.3 is 11.9 Å². The van der Waals surface area contributed by atoms with Crippen molar-refractivity contribution >= 4 is 11.9 Å². The van der Waals surface area contributed by atoms with Gasteiger partial charge in [0.1, 0.15) is 0 Å². The summed E-state index contributed by atoms with van der Waals surface area (Å²) in [7, 11) is 0. The molecule has 0 spiro atoms. The molecule has 2 rings (SSSR count). The summed E-state index contributed by atoms with van der Waals surface area (Å²) < 4.78 is 10.5. The molecule has 0 unspecified atom stereocenters. The number of hydrogen-bond donors (Lipinski definition) is 0. The van der Waals surface area contributed by atoms with Crippen LogP contribution < -0.4 is 0 Å². The summed E-state index contributed by atoms with van der Waals surface area (Å²) in [5.74, 6) is -0.421. The van der Waals surface area contributed by atoms with Crippen LogP contribution in [0.1, 0.15) is 136 Å². The van der Waals surface area contributed by atoms with Crippen molar-refractivity contribution in [1.29, 1.82) is 0 Å². The van der Waals surface area contributed by atoms with Crippen LogP contribution in [0.15, 0.2) is 48.5 Å². The Labute approximate surface area is 231 Å². The summed E-state index contributed by atoms with van der Waals surface area (Å²) in [6, 6.07) is 15.8. The second-order valence-electron chi connectivity index (χ2n) is 10.4. The zero-order valence-corrected chi connectivity index (χ0v) is 24.0. The summed E-state index contributed by atoms with van der Waals surface area (Å²) in [6.07, 6.45) is 19.0. The fraction of sp³-hybridized carbons (Fsp3) is 0.588. The highest BCUT2D eigenvalue weighted by Crippen LogP contribution is 2.15.